The highest BCUT2D eigenvalue weighted by Crippen LogP contribution is 2.22. The Hall–Kier alpha value is -1.70. The summed E-state index contributed by atoms with van der Waals surface area (Å²) < 4.78 is 37.4. The summed E-state index contributed by atoms with van der Waals surface area (Å²) in [6.07, 6.45) is -4.68. The van der Waals surface area contributed by atoms with Crippen LogP contribution in [0.2, 0.25) is 0 Å². The number of aliphatic hydroxyl groups is 2. The number of hydrogen-bond acceptors (Lipinski definition) is 4. The summed E-state index contributed by atoms with van der Waals surface area (Å²) in [5.41, 5.74) is 1.51. The van der Waals surface area contributed by atoms with E-state index in [0.29, 0.717) is 0 Å². The molecule has 0 radical (unpaired) electrons. The van der Waals surface area contributed by atoms with Gasteiger partial charge in [-0.2, -0.15) is 13.2 Å². The van der Waals surface area contributed by atoms with Crippen LogP contribution in [0.5, 0.6) is 0 Å². The minimum Gasteiger partial charge on any atom is -0.394 e. The minimum atomic E-state index is -4.26. The Labute approximate surface area is 132 Å². The Bertz CT molecular complexity index is 629. The zero-order valence-electron chi connectivity index (χ0n) is 12.5. The van der Waals surface area contributed by atoms with E-state index in [-0.39, 0.29) is 19.6 Å². The SMILES string of the molecule is OC[C@@H](O)CN(CCC(F)(F)F)Cc1cccc2cccnc12. The van der Waals surface area contributed by atoms with Gasteiger partial charge in [-0.25, -0.2) is 0 Å². The monoisotopic (exact) mass is 328 g/mol. The second kappa shape index (κ2) is 7.72. The van der Waals surface area contributed by atoms with E-state index in [1.807, 2.05) is 18.2 Å². The molecule has 0 aliphatic carbocycles. The molecule has 2 N–H and O–H groups in total. The quantitative estimate of drug-likeness (QED) is 0.819. The molecule has 0 saturated carbocycles. The van der Waals surface area contributed by atoms with Crippen LogP contribution in [0.3, 0.4) is 0 Å². The van der Waals surface area contributed by atoms with Crippen LogP contribution in [0.1, 0.15) is 12.0 Å². The number of benzene rings is 1. The summed E-state index contributed by atoms with van der Waals surface area (Å²) in [5, 5.41) is 19.4. The van der Waals surface area contributed by atoms with Crippen LogP contribution in [0.4, 0.5) is 13.2 Å². The van der Waals surface area contributed by atoms with Crippen molar-refractivity contribution >= 4 is 10.9 Å². The van der Waals surface area contributed by atoms with Crippen LogP contribution in [0.25, 0.3) is 10.9 Å². The minimum absolute atomic E-state index is 0.0319. The van der Waals surface area contributed by atoms with Gasteiger partial charge in [0.1, 0.15) is 0 Å². The second-order valence-corrected chi connectivity index (χ2v) is 5.43. The molecule has 0 bridgehead atoms. The van der Waals surface area contributed by atoms with Crippen molar-refractivity contribution in [3.8, 4) is 0 Å². The molecule has 0 aliphatic rings. The van der Waals surface area contributed by atoms with E-state index >= 15 is 0 Å². The van der Waals surface area contributed by atoms with Crippen molar-refractivity contribution in [1.29, 1.82) is 0 Å². The van der Waals surface area contributed by atoms with Gasteiger partial charge in [0.25, 0.3) is 0 Å². The van der Waals surface area contributed by atoms with Crippen LogP contribution in [-0.4, -0.2) is 52.1 Å². The lowest BCUT2D eigenvalue weighted by atomic mass is 10.1. The third-order valence-corrected chi connectivity index (χ3v) is 3.50. The van der Waals surface area contributed by atoms with Crippen molar-refractivity contribution in [3.63, 3.8) is 0 Å². The summed E-state index contributed by atoms with van der Waals surface area (Å²) in [4.78, 5) is 5.77. The highest BCUT2D eigenvalue weighted by Gasteiger charge is 2.28. The zero-order valence-corrected chi connectivity index (χ0v) is 12.5. The Morgan fingerprint density at radius 1 is 1.17 bits per heavy atom. The molecule has 23 heavy (non-hydrogen) atoms. The van der Waals surface area contributed by atoms with Crippen molar-refractivity contribution < 1.29 is 23.4 Å². The summed E-state index contributed by atoms with van der Waals surface area (Å²) in [7, 11) is 0. The second-order valence-electron chi connectivity index (χ2n) is 5.43. The number of alkyl halides is 3. The number of aromatic nitrogens is 1. The molecular weight excluding hydrogens is 309 g/mol. The molecule has 1 atom stereocenters. The molecule has 1 heterocycles. The molecule has 0 saturated heterocycles. The molecule has 2 aromatic rings. The van der Waals surface area contributed by atoms with Gasteiger partial charge in [-0.15, -0.1) is 0 Å². The molecule has 0 spiro atoms. The van der Waals surface area contributed by atoms with Crippen LogP contribution >= 0.6 is 0 Å². The third-order valence-electron chi connectivity index (χ3n) is 3.50. The first-order valence-corrected chi connectivity index (χ1v) is 7.29. The molecule has 0 aliphatic heterocycles. The number of pyridine rings is 1. The maximum atomic E-state index is 12.5. The van der Waals surface area contributed by atoms with Gasteiger partial charge >= 0.3 is 6.18 Å². The number of aliphatic hydroxyl groups excluding tert-OH is 2. The number of para-hydroxylation sites is 1. The number of fused-ring (bicyclic) bond motifs is 1. The smallest absolute Gasteiger partial charge is 0.390 e. The van der Waals surface area contributed by atoms with Crippen molar-refractivity contribution in [1.82, 2.24) is 9.88 Å². The van der Waals surface area contributed by atoms with Gasteiger partial charge in [-0.3, -0.25) is 9.88 Å². The normalized spacial score (nSPS) is 13.7. The van der Waals surface area contributed by atoms with E-state index in [2.05, 4.69) is 4.98 Å². The average Bonchev–Trinajstić information content (AvgIpc) is 2.52. The maximum Gasteiger partial charge on any atom is 0.390 e. The Balaban J connectivity index is 2.17. The van der Waals surface area contributed by atoms with Gasteiger partial charge in [-0.1, -0.05) is 24.3 Å². The first-order chi connectivity index (χ1) is 10.9. The standard InChI is InChI=1S/C16H19F3N2O2/c17-16(18,19)6-8-21(10-14(23)11-22)9-13-4-1-3-12-5-2-7-20-15(12)13/h1-5,7,14,22-23H,6,8-11H2/t14-/m0/s1. The maximum absolute atomic E-state index is 12.5. The van der Waals surface area contributed by atoms with E-state index < -0.39 is 25.3 Å². The molecule has 0 amide bonds. The molecule has 126 valence electrons. The molecule has 0 unspecified atom stereocenters. The van der Waals surface area contributed by atoms with Crippen molar-refractivity contribution in [2.45, 2.75) is 25.2 Å². The van der Waals surface area contributed by atoms with Crippen molar-refractivity contribution in [2.75, 3.05) is 19.7 Å². The van der Waals surface area contributed by atoms with Gasteiger partial charge in [0, 0.05) is 31.2 Å². The van der Waals surface area contributed by atoms with Gasteiger partial charge in [0.2, 0.25) is 0 Å². The Morgan fingerprint density at radius 3 is 2.61 bits per heavy atom. The van der Waals surface area contributed by atoms with Crippen molar-refractivity contribution in [3.05, 3.63) is 42.1 Å². The Kier molecular flexibility index (Phi) is 5.92. The highest BCUT2D eigenvalue weighted by molar-refractivity contribution is 5.81. The van der Waals surface area contributed by atoms with E-state index in [1.165, 1.54) is 4.90 Å². The molecule has 1 aromatic carbocycles. The van der Waals surface area contributed by atoms with Gasteiger partial charge in [0.15, 0.2) is 0 Å². The number of halogens is 3. The summed E-state index contributed by atoms with van der Waals surface area (Å²) >= 11 is 0. The van der Waals surface area contributed by atoms with Gasteiger partial charge < -0.3 is 10.2 Å². The topological polar surface area (TPSA) is 56.6 Å². The van der Waals surface area contributed by atoms with Gasteiger partial charge in [-0.05, 0) is 11.6 Å². The van der Waals surface area contributed by atoms with E-state index in [0.717, 1.165) is 16.5 Å². The number of nitrogens with zero attached hydrogens (tertiary/aromatic N) is 2. The predicted molar refractivity (Wildman–Crippen MR) is 80.8 cm³/mol. The molecule has 4 nitrogen and oxygen atoms in total. The molecule has 0 fully saturated rings. The number of rotatable bonds is 7. The lowest BCUT2D eigenvalue weighted by Crippen LogP contribution is -2.36. The van der Waals surface area contributed by atoms with E-state index in [4.69, 9.17) is 5.11 Å². The first-order valence-electron chi connectivity index (χ1n) is 7.29. The highest BCUT2D eigenvalue weighted by atomic mass is 19.4. The predicted octanol–water partition coefficient (Wildman–Crippen LogP) is 2.34. The molecule has 1 aromatic heterocycles. The average molecular weight is 328 g/mol. The lowest BCUT2D eigenvalue weighted by molar-refractivity contribution is -0.139. The molecule has 7 heteroatoms. The summed E-state index contributed by atoms with van der Waals surface area (Å²) in [6.45, 7) is -0.544. The summed E-state index contributed by atoms with van der Waals surface area (Å²) in [5.74, 6) is 0. The molecule has 2 rings (SSSR count). The van der Waals surface area contributed by atoms with Crippen LogP contribution in [0.15, 0.2) is 36.5 Å². The van der Waals surface area contributed by atoms with Crippen LogP contribution in [0, 0.1) is 0 Å². The fourth-order valence-corrected chi connectivity index (χ4v) is 2.41. The van der Waals surface area contributed by atoms with Crippen LogP contribution in [-0.2, 0) is 6.54 Å². The van der Waals surface area contributed by atoms with E-state index in [9.17, 15) is 18.3 Å². The van der Waals surface area contributed by atoms with Gasteiger partial charge in [0.05, 0.1) is 24.6 Å². The third kappa shape index (κ3) is 5.46. The van der Waals surface area contributed by atoms with Crippen LogP contribution < -0.4 is 0 Å². The Morgan fingerprint density at radius 2 is 1.91 bits per heavy atom. The zero-order chi connectivity index (χ0) is 16.9. The van der Waals surface area contributed by atoms with Crippen molar-refractivity contribution in [2.24, 2.45) is 0 Å². The molecular formula is C16H19F3N2O2. The number of hydrogen-bond donors (Lipinski definition) is 2. The van der Waals surface area contributed by atoms with E-state index in [1.54, 1.807) is 18.3 Å². The fourth-order valence-electron chi connectivity index (χ4n) is 2.41. The lowest BCUT2D eigenvalue weighted by Gasteiger charge is -2.25. The first kappa shape index (κ1) is 17.7. The largest absolute Gasteiger partial charge is 0.394 e. The summed E-state index contributed by atoms with van der Waals surface area (Å²) in [6, 6.07) is 9.19. The fraction of sp³-hybridized carbons (Fsp3) is 0.438.